The molecule has 27 heavy (non-hydrogen) atoms. The van der Waals surface area contributed by atoms with Gasteiger partial charge in [-0.3, -0.25) is 4.79 Å². The van der Waals surface area contributed by atoms with Gasteiger partial charge in [0.05, 0.1) is 16.5 Å². The quantitative estimate of drug-likeness (QED) is 0.667. The molecule has 0 saturated carbocycles. The van der Waals surface area contributed by atoms with Gasteiger partial charge in [0.1, 0.15) is 0 Å². The van der Waals surface area contributed by atoms with E-state index in [0.29, 0.717) is 19.4 Å². The number of carbonyl (C=O) groups is 1. The number of sulfonamides is 1. The summed E-state index contributed by atoms with van der Waals surface area (Å²) in [7, 11) is -3.60. The summed E-state index contributed by atoms with van der Waals surface area (Å²) in [6.45, 7) is 0.634. The normalized spacial score (nSPS) is 18.2. The zero-order valence-corrected chi connectivity index (χ0v) is 18.1. The molecule has 0 spiro atoms. The molecular weight excluding hydrogens is 448 g/mol. The zero-order chi connectivity index (χ0) is 19.4. The molecule has 1 atom stereocenters. The molecule has 3 rings (SSSR count). The lowest BCUT2D eigenvalue weighted by Gasteiger charge is -2.31. The first-order chi connectivity index (χ1) is 12.9. The van der Waals surface area contributed by atoms with E-state index in [-0.39, 0.29) is 23.3 Å². The average Bonchev–Trinajstić information content (AvgIpc) is 2.69. The molecule has 1 N–H and O–H groups in total. The highest BCUT2D eigenvalue weighted by atomic mass is 79.9. The highest BCUT2D eigenvalue weighted by Gasteiger charge is 2.33. The topological polar surface area (TPSA) is 66.5 Å². The molecule has 0 aliphatic carbocycles. The second kappa shape index (κ2) is 8.77. The number of carbonyl (C=O) groups excluding carboxylic acids is 1. The van der Waals surface area contributed by atoms with Gasteiger partial charge in [-0.2, -0.15) is 4.31 Å². The Kier molecular flexibility index (Phi) is 6.62. The summed E-state index contributed by atoms with van der Waals surface area (Å²) in [4.78, 5) is 14.0. The van der Waals surface area contributed by atoms with Crippen LogP contribution in [-0.4, -0.2) is 38.0 Å². The van der Waals surface area contributed by atoms with Crippen molar-refractivity contribution in [3.63, 3.8) is 0 Å². The molecule has 2 aromatic rings. The van der Waals surface area contributed by atoms with E-state index in [1.165, 1.54) is 4.31 Å². The monoisotopic (exact) mass is 468 g/mol. The van der Waals surface area contributed by atoms with Crippen molar-refractivity contribution in [3.05, 3.63) is 53.0 Å². The number of nitrogens with one attached hydrogen (secondary N) is 1. The Morgan fingerprint density at radius 3 is 2.59 bits per heavy atom. The first kappa shape index (κ1) is 20.4. The Bertz CT molecular complexity index is 917. The minimum atomic E-state index is -3.60. The number of rotatable bonds is 5. The van der Waals surface area contributed by atoms with Crippen molar-refractivity contribution in [1.82, 2.24) is 4.31 Å². The van der Waals surface area contributed by atoms with Gasteiger partial charge in [-0.15, -0.1) is 11.8 Å². The number of amides is 1. The van der Waals surface area contributed by atoms with E-state index in [4.69, 9.17) is 0 Å². The van der Waals surface area contributed by atoms with Gasteiger partial charge >= 0.3 is 0 Å². The van der Waals surface area contributed by atoms with Crippen molar-refractivity contribution in [3.8, 4) is 0 Å². The molecule has 0 bridgehead atoms. The lowest BCUT2D eigenvalue weighted by atomic mass is 9.99. The number of hydrogen-bond donors (Lipinski definition) is 1. The molecule has 0 aromatic heterocycles. The van der Waals surface area contributed by atoms with Crippen LogP contribution in [0.5, 0.6) is 0 Å². The summed E-state index contributed by atoms with van der Waals surface area (Å²) in [6.07, 6.45) is 3.30. The third-order valence-corrected chi connectivity index (χ3v) is 7.78. The molecule has 1 fully saturated rings. The minimum absolute atomic E-state index is 0.132. The van der Waals surface area contributed by atoms with Gasteiger partial charge in [0, 0.05) is 22.5 Å². The molecule has 0 unspecified atom stereocenters. The van der Waals surface area contributed by atoms with Crippen molar-refractivity contribution in [2.24, 2.45) is 5.92 Å². The Morgan fingerprint density at radius 2 is 1.89 bits per heavy atom. The van der Waals surface area contributed by atoms with Gasteiger partial charge in [-0.05, 0) is 55.5 Å². The van der Waals surface area contributed by atoms with E-state index in [1.54, 1.807) is 36.0 Å². The first-order valence-corrected chi connectivity index (χ1v) is 12.1. The van der Waals surface area contributed by atoms with E-state index < -0.39 is 10.0 Å². The smallest absolute Gasteiger partial charge is 0.243 e. The predicted octanol–water partition coefficient (Wildman–Crippen LogP) is 4.21. The van der Waals surface area contributed by atoms with Gasteiger partial charge in [-0.25, -0.2) is 8.42 Å². The van der Waals surface area contributed by atoms with Crippen LogP contribution in [0.25, 0.3) is 0 Å². The van der Waals surface area contributed by atoms with E-state index in [9.17, 15) is 13.2 Å². The molecule has 1 amide bonds. The number of hydrogen-bond acceptors (Lipinski definition) is 4. The van der Waals surface area contributed by atoms with Gasteiger partial charge < -0.3 is 5.32 Å². The second-order valence-corrected chi connectivity index (χ2v) is 10.0. The Labute approximate surface area is 172 Å². The maximum Gasteiger partial charge on any atom is 0.243 e. The van der Waals surface area contributed by atoms with Crippen LogP contribution < -0.4 is 5.32 Å². The van der Waals surface area contributed by atoms with Crippen LogP contribution in [0.15, 0.2) is 62.8 Å². The maximum absolute atomic E-state index is 12.9. The van der Waals surface area contributed by atoms with Crippen LogP contribution >= 0.6 is 27.7 Å². The molecule has 144 valence electrons. The number of para-hydroxylation sites is 1. The molecule has 1 saturated heterocycles. The van der Waals surface area contributed by atoms with Crippen LogP contribution in [0.2, 0.25) is 0 Å². The third-order valence-electron chi connectivity index (χ3n) is 4.57. The number of thioether (sulfide) groups is 1. The van der Waals surface area contributed by atoms with Gasteiger partial charge in [0.2, 0.25) is 15.9 Å². The number of halogens is 1. The SMILES string of the molecule is CSc1ccccc1NC(=O)[C@@H]1CCCN(S(=O)(=O)c2ccc(Br)cc2)C1. The second-order valence-electron chi connectivity index (χ2n) is 6.35. The maximum atomic E-state index is 12.9. The molecule has 0 radical (unpaired) electrons. The van der Waals surface area contributed by atoms with Crippen molar-refractivity contribution in [1.29, 1.82) is 0 Å². The summed E-state index contributed by atoms with van der Waals surface area (Å²) in [6, 6.07) is 14.2. The Balaban J connectivity index is 1.73. The number of anilines is 1. The summed E-state index contributed by atoms with van der Waals surface area (Å²) >= 11 is 4.88. The molecule has 1 aliphatic rings. The first-order valence-electron chi connectivity index (χ1n) is 8.61. The molecule has 8 heteroatoms. The third kappa shape index (κ3) is 4.74. The van der Waals surface area contributed by atoms with E-state index in [0.717, 1.165) is 15.1 Å². The van der Waals surface area contributed by atoms with Crippen molar-refractivity contribution in [2.45, 2.75) is 22.6 Å². The van der Waals surface area contributed by atoms with Crippen molar-refractivity contribution >= 4 is 49.3 Å². The number of nitrogens with zero attached hydrogens (tertiary/aromatic N) is 1. The molecule has 2 aromatic carbocycles. The molecule has 5 nitrogen and oxygen atoms in total. The fourth-order valence-electron chi connectivity index (χ4n) is 3.11. The largest absolute Gasteiger partial charge is 0.325 e. The fourth-order valence-corrected chi connectivity index (χ4v) is 5.45. The van der Waals surface area contributed by atoms with E-state index >= 15 is 0 Å². The zero-order valence-electron chi connectivity index (χ0n) is 14.9. The Morgan fingerprint density at radius 1 is 1.19 bits per heavy atom. The van der Waals surface area contributed by atoms with Crippen molar-refractivity contribution < 1.29 is 13.2 Å². The summed E-state index contributed by atoms with van der Waals surface area (Å²) in [5.41, 5.74) is 0.767. The molecule has 1 aliphatic heterocycles. The molecular formula is C19H21BrN2O3S2. The standard InChI is InChI=1S/C19H21BrN2O3S2/c1-26-18-7-3-2-6-17(18)21-19(23)14-5-4-12-22(13-14)27(24,25)16-10-8-15(20)9-11-16/h2-3,6-11,14H,4-5,12-13H2,1H3,(H,21,23)/t14-/m1/s1. The van der Waals surface area contributed by atoms with Crippen LogP contribution in [0, 0.1) is 5.92 Å². The van der Waals surface area contributed by atoms with Crippen molar-refractivity contribution in [2.75, 3.05) is 24.7 Å². The minimum Gasteiger partial charge on any atom is -0.325 e. The highest BCUT2D eigenvalue weighted by Crippen LogP contribution is 2.28. The Hall–Kier alpha value is -1.35. The fraction of sp³-hybridized carbons (Fsp3) is 0.316. The summed E-state index contributed by atoms with van der Waals surface area (Å²) in [5, 5.41) is 2.96. The summed E-state index contributed by atoms with van der Waals surface area (Å²) in [5.74, 6) is -0.494. The highest BCUT2D eigenvalue weighted by molar-refractivity contribution is 9.10. The lowest BCUT2D eigenvalue weighted by molar-refractivity contribution is -0.120. The van der Waals surface area contributed by atoms with Gasteiger partial charge in [0.25, 0.3) is 0 Å². The lowest BCUT2D eigenvalue weighted by Crippen LogP contribution is -2.43. The summed E-state index contributed by atoms with van der Waals surface area (Å²) < 4.78 is 28.0. The van der Waals surface area contributed by atoms with Gasteiger partial charge in [-0.1, -0.05) is 28.1 Å². The molecule has 1 heterocycles. The van der Waals surface area contributed by atoms with Gasteiger partial charge in [0.15, 0.2) is 0 Å². The van der Waals surface area contributed by atoms with E-state index in [2.05, 4.69) is 21.2 Å². The van der Waals surface area contributed by atoms with Crippen LogP contribution in [-0.2, 0) is 14.8 Å². The van der Waals surface area contributed by atoms with Crippen LogP contribution in [0.3, 0.4) is 0 Å². The predicted molar refractivity (Wildman–Crippen MR) is 112 cm³/mol. The van der Waals surface area contributed by atoms with E-state index in [1.807, 2.05) is 30.5 Å². The van der Waals surface area contributed by atoms with Crippen LogP contribution in [0.4, 0.5) is 5.69 Å². The number of benzene rings is 2. The average molecular weight is 469 g/mol. The van der Waals surface area contributed by atoms with Crippen LogP contribution in [0.1, 0.15) is 12.8 Å². The number of piperidine rings is 1.